The molecule has 1 aliphatic carbocycles. The number of nitrogens with one attached hydrogen (secondary N) is 2. The summed E-state index contributed by atoms with van der Waals surface area (Å²) in [5.41, 5.74) is 4.18. The largest absolute Gasteiger partial charge is 0.357 e. The smallest absolute Gasteiger partial charge is 0.0603 e. The predicted molar refractivity (Wildman–Crippen MR) is 70.9 cm³/mol. The maximum absolute atomic E-state index is 3.61. The van der Waals surface area contributed by atoms with E-state index in [1.165, 1.54) is 33.1 Å². The fourth-order valence-corrected chi connectivity index (χ4v) is 3.12. The van der Waals surface area contributed by atoms with E-state index in [4.69, 9.17) is 0 Å². The summed E-state index contributed by atoms with van der Waals surface area (Å²) in [6, 6.07) is 7.06. The highest BCUT2D eigenvalue weighted by Gasteiger charge is 2.21. The number of para-hydroxylation sites is 1. The third-order valence-electron chi connectivity index (χ3n) is 3.58. The lowest BCUT2D eigenvalue weighted by Crippen LogP contribution is -2.31. The number of benzene rings is 1. The van der Waals surface area contributed by atoms with Crippen molar-refractivity contribution in [2.24, 2.45) is 0 Å². The molecule has 0 bridgehead atoms. The number of hydrogen-bond donors (Lipinski definition) is 2. The van der Waals surface area contributed by atoms with Gasteiger partial charge in [-0.05, 0) is 53.9 Å². The summed E-state index contributed by atoms with van der Waals surface area (Å²) in [5.74, 6) is 0. The van der Waals surface area contributed by atoms with E-state index in [1.54, 1.807) is 0 Å². The minimum atomic E-state index is 0.630. The Morgan fingerprint density at radius 1 is 1.44 bits per heavy atom. The summed E-state index contributed by atoms with van der Waals surface area (Å²) in [6.45, 7) is 0. The Morgan fingerprint density at radius 3 is 3.12 bits per heavy atom. The quantitative estimate of drug-likeness (QED) is 0.825. The molecule has 2 N–H and O–H groups in total. The average Bonchev–Trinajstić information content (AvgIpc) is 2.68. The van der Waals surface area contributed by atoms with Gasteiger partial charge in [-0.25, -0.2) is 0 Å². The molecule has 1 aliphatic rings. The molecule has 2 nitrogen and oxygen atoms in total. The third-order valence-corrected chi connectivity index (χ3v) is 4.24. The van der Waals surface area contributed by atoms with Gasteiger partial charge in [0.05, 0.1) is 5.52 Å². The van der Waals surface area contributed by atoms with Crippen LogP contribution in [-0.2, 0) is 12.8 Å². The molecule has 0 saturated carbocycles. The van der Waals surface area contributed by atoms with E-state index in [1.807, 2.05) is 0 Å². The average molecular weight is 279 g/mol. The van der Waals surface area contributed by atoms with Crippen LogP contribution in [0, 0.1) is 0 Å². The van der Waals surface area contributed by atoms with Crippen molar-refractivity contribution in [2.45, 2.75) is 25.3 Å². The fourth-order valence-electron chi connectivity index (χ4n) is 2.65. The van der Waals surface area contributed by atoms with Crippen molar-refractivity contribution in [3.05, 3.63) is 33.9 Å². The van der Waals surface area contributed by atoms with Gasteiger partial charge in [-0.1, -0.05) is 12.1 Å². The zero-order valence-electron chi connectivity index (χ0n) is 9.31. The van der Waals surface area contributed by atoms with Crippen molar-refractivity contribution in [2.75, 3.05) is 7.05 Å². The Kier molecular flexibility index (Phi) is 2.52. The molecule has 0 amide bonds. The Morgan fingerprint density at radius 2 is 2.31 bits per heavy atom. The molecule has 1 atom stereocenters. The molecule has 0 radical (unpaired) electrons. The Balaban J connectivity index is 2.18. The molecular formula is C13H15BrN2. The number of aryl methyl sites for hydroxylation is 1. The van der Waals surface area contributed by atoms with Crippen molar-refractivity contribution in [1.29, 1.82) is 0 Å². The number of aromatic nitrogens is 1. The number of aromatic amines is 1. The molecule has 1 heterocycles. The first-order chi connectivity index (χ1) is 7.79. The molecule has 1 unspecified atom stereocenters. The Hall–Kier alpha value is -0.800. The van der Waals surface area contributed by atoms with E-state index in [9.17, 15) is 0 Å². The molecule has 0 fully saturated rings. The van der Waals surface area contributed by atoms with Crippen molar-refractivity contribution in [3.8, 4) is 0 Å². The molecule has 0 spiro atoms. The first-order valence-corrected chi connectivity index (χ1v) is 6.54. The van der Waals surface area contributed by atoms with Gasteiger partial charge in [-0.3, -0.25) is 0 Å². The maximum atomic E-state index is 3.61. The van der Waals surface area contributed by atoms with Crippen molar-refractivity contribution in [3.63, 3.8) is 0 Å². The van der Waals surface area contributed by atoms with Gasteiger partial charge in [0.25, 0.3) is 0 Å². The molecular weight excluding hydrogens is 264 g/mol. The predicted octanol–water partition coefficient (Wildman–Crippen LogP) is 3.01. The van der Waals surface area contributed by atoms with Gasteiger partial charge in [0.2, 0.25) is 0 Å². The topological polar surface area (TPSA) is 27.8 Å². The number of halogens is 1. The highest BCUT2D eigenvalue weighted by Crippen LogP contribution is 2.32. The van der Waals surface area contributed by atoms with Gasteiger partial charge >= 0.3 is 0 Å². The van der Waals surface area contributed by atoms with E-state index in [-0.39, 0.29) is 0 Å². The second-order valence-corrected chi connectivity index (χ2v) is 5.33. The molecule has 1 aromatic heterocycles. The van der Waals surface area contributed by atoms with Gasteiger partial charge in [0.1, 0.15) is 0 Å². The van der Waals surface area contributed by atoms with Crippen LogP contribution < -0.4 is 5.32 Å². The first-order valence-electron chi connectivity index (χ1n) is 5.75. The highest BCUT2D eigenvalue weighted by molar-refractivity contribution is 9.10. The number of hydrogen-bond acceptors (Lipinski definition) is 1. The van der Waals surface area contributed by atoms with Gasteiger partial charge in [0.15, 0.2) is 0 Å². The monoisotopic (exact) mass is 278 g/mol. The molecule has 3 rings (SSSR count). The van der Waals surface area contributed by atoms with Crippen LogP contribution in [0.25, 0.3) is 10.9 Å². The molecule has 16 heavy (non-hydrogen) atoms. The van der Waals surface area contributed by atoms with Crippen LogP contribution in [0.5, 0.6) is 0 Å². The van der Waals surface area contributed by atoms with Crippen LogP contribution in [0.2, 0.25) is 0 Å². The third kappa shape index (κ3) is 1.50. The van der Waals surface area contributed by atoms with E-state index in [0.29, 0.717) is 6.04 Å². The SMILES string of the molecule is CNC1CCc2[nH]c3c(Br)cccc3c2C1. The summed E-state index contributed by atoms with van der Waals surface area (Å²) < 4.78 is 1.17. The van der Waals surface area contributed by atoms with Crippen LogP contribution in [-0.4, -0.2) is 18.1 Å². The molecule has 84 valence electrons. The second kappa shape index (κ2) is 3.90. The highest BCUT2D eigenvalue weighted by atomic mass is 79.9. The lowest BCUT2D eigenvalue weighted by molar-refractivity contribution is 0.495. The number of rotatable bonds is 1. The second-order valence-electron chi connectivity index (χ2n) is 4.47. The Bertz CT molecular complexity index is 530. The minimum Gasteiger partial charge on any atom is -0.357 e. The fraction of sp³-hybridized carbons (Fsp3) is 0.385. The van der Waals surface area contributed by atoms with Crippen LogP contribution in [0.3, 0.4) is 0 Å². The lowest BCUT2D eigenvalue weighted by Gasteiger charge is -2.21. The number of fused-ring (bicyclic) bond motifs is 3. The number of H-pyrrole nitrogens is 1. The van der Waals surface area contributed by atoms with E-state index < -0.39 is 0 Å². The van der Waals surface area contributed by atoms with Crippen molar-refractivity contribution in [1.82, 2.24) is 10.3 Å². The maximum Gasteiger partial charge on any atom is 0.0603 e. The number of likely N-dealkylation sites (N-methyl/N-ethyl adjacent to an activating group) is 1. The Labute approximate surface area is 104 Å². The lowest BCUT2D eigenvalue weighted by atomic mass is 9.92. The van der Waals surface area contributed by atoms with Crippen LogP contribution in [0.1, 0.15) is 17.7 Å². The summed E-state index contributed by atoms with van der Waals surface area (Å²) in [7, 11) is 2.06. The first kappa shape index (κ1) is 10.4. The van der Waals surface area contributed by atoms with Gasteiger partial charge in [0, 0.05) is 21.6 Å². The summed E-state index contributed by atoms with van der Waals surface area (Å²) in [5, 5.41) is 4.77. The van der Waals surface area contributed by atoms with Gasteiger partial charge < -0.3 is 10.3 Å². The summed E-state index contributed by atoms with van der Waals surface area (Å²) in [4.78, 5) is 3.55. The van der Waals surface area contributed by atoms with Crippen molar-refractivity contribution < 1.29 is 0 Å². The van der Waals surface area contributed by atoms with Gasteiger partial charge in [-0.15, -0.1) is 0 Å². The molecule has 3 heteroatoms. The van der Waals surface area contributed by atoms with E-state index >= 15 is 0 Å². The standard InChI is InChI=1S/C13H15BrN2/c1-15-8-5-6-12-10(7-8)9-3-2-4-11(14)13(9)16-12/h2-4,8,15-16H,5-7H2,1H3. The zero-order valence-corrected chi connectivity index (χ0v) is 10.9. The minimum absolute atomic E-state index is 0.630. The normalized spacial score (nSPS) is 20.0. The van der Waals surface area contributed by atoms with E-state index in [0.717, 1.165) is 12.8 Å². The van der Waals surface area contributed by atoms with E-state index in [2.05, 4.69) is 51.5 Å². The molecule has 1 aromatic carbocycles. The van der Waals surface area contributed by atoms with Gasteiger partial charge in [-0.2, -0.15) is 0 Å². The molecule has 0 saturated heterocycles. The molecule has 2 aromatic rings. The van der Waals surface area contributed by atoms with Crippen LogP contribution in [0.15, 0.2) is 22.7 Å². The summed E-state index contributed by atoms with van der Waals surface area (Å²) in [6.07, 6.45) is 3.53. The zero-order chi connectivity index (χ0) is 11.1. The van der Waals surface area contributed by atoms with Crippen LogP contribution in [0.4, 0.5) is 0 Å². The van der Waals surface area contributed by atoms with Crippen molar-refractivity contribution >= 4 is 26.8 Å². The summed E-state index contributed by atoms with van der Waals surface area (Å²) >= 11 is 3.61. The van der Waals surface area contributed by atoms with Crippen LogP contribution >= 0.6 is 15.9 Å². The molecule has 0 aliphatic heterocycles.